The standard InChI is InChI=1S/C25H21Br2NO5S/c1-4-10-33-22-17(26)11-15(12-18(22)27)13-19-21(29)20(25(31)32-5-2)24(34-19)28-23(30)16-9-7-6-8-14(16)3/h4,6-9,11-13,29H,1,5,10H2,2-3H3/b19-13-,28-24?. The molecule has 0 spiro atoms. The molecule has 1 heterocycles. The summed E-state index contributed by atoms with van der Waals surface area (Å²) in [6.45, 7) is 7.56. The maximum absolute atomic E-state index is 12.8. The molecule has 0 saturated heterocycles. The summed E-state index contributed by atoms with van der Waals surface area (Å²) in [5.41, 5.74) is 1.76. The Balaban J connectivity index is 2.02. The van der Waals surface area contributed by atoms with Gasteiger partial charge in [0.2, 0.25) is 0 Å². The molecule has 6 nitrogen and oxygen atoms in total. The van der Waals surface area contributed by atoms with Crippen molar-refractivity contribution in [2.24, 2.45) is 4.99 Å². The topological polar surface area (TPSA) is 85.2 Å². The van der Waals surface area contributed by atoms with E-state index in [1.165, 1.54) is 0 Å². The lowest BCUT2D eigenvalue weighted by atomic mass is 10.1. The number of carbonyl (C=O) groups excluding carboxylic acids is 2. The second-order valence-electron chi connectivity index (χ2n) is 7.01. The summed E-state index contributed by atoms with van der Waals surface area (Å²) in [5.74, 6) is -0.938. The zero-order valence-corrected chi connectivity index (χ0v) is 22.4. The van der Waals surface area contributed by atoms with Gasteiger partial charge in [0.05, 0.1) is 20.5 Å². The van der Waals surface area contributed by atoms with Crippen molar-refractivity contribution in [3.05, 3.63) is 90.9 Å². The molecule has 1 aliphatic heterocycles. The Hall–Kier alpha value is -2.62. The van der Waals surface area contributed by atoms with Gasteiger partial charge in [-0.15, -0.1) is 0 Å². The minimum Gasteiger partial charge on any atom is -0.506 e. The van der Waals surface area contributed by atoms with Crippen molar-refractivity contribution in [1.82, 2.24) is 0 Å². The third-order valence-corrected chi connectivity index (χ3v) is 6.81. The monoisotopic (exact) mass is 605 g/mol. The number of hydrogen-bond acceptors (Lipinski definition) is 6. The van der Waals surface area contributed by atoms with Crippen molar-refractivity contribution in [2.75, 3.05) is 13.2 Å². The molecule has 0 saturated carbocycles. The van der Waals surface area contributed by atoms with Gasteiger partial charge >= 0.3 is 5.97 Å². The molecule has 1 amide bonds. The smallest absolute Gasteiger partial charge is 0.344 e. The average Bonchev–Trinajstić information content (AvgIpc) is 3.08. The van der Waals surface area contributed by atoms with E-state index in [-0.39, 0.29) is 23.0 Å². The number of benzene rings is 2. The van der Waals surface area contributed by atoms with Crippen LogP contribution in [0.1, 0.15) is 28.4 Å². The molecular weight excluding hydrogens is 586 g/mol. The zero-order valence-electron chi connectivity index (χ0n) is 18.4. The Morgan fingerprint density at radius 1 is 1.21 bits per heavy atom. The van der Waals surface area contributed by atoms with E-state index in [1.807, 2.05) is 18.2 Å². The maximum Gasteiger partial charge on any atom is 0.344 e. The Kier molecular flexibility index (Phi) is 8.93. The summed E-state index contributed by atoms with van der Waals surface area (Å²) in [7, 11) is 0. The van der Waals surface area contributed by atoms with Crippen molar-refractivity contribution in [2.45, 2.75) is 13.8 Å². The van der Waals surface area contributed by atoms with Crippen LogP contribution in [0.2, 0.25) is 0 Å². The summed E-state index contributed by atoms with van der Waals surface area (Å²) in [6, 6.07) is 10.6. The van der Waals surface area contributed by atoms with Gasteiger partial charge in [0.1, 0.15) is 28.7 Å². The number of amides is 1. The Morgan fingerprint density at radius 2 is 1.88 bits per heavy atom. The van der Waals surface area contributed by atoms with E-state index in [0.717, 1.165) is 17.3 Å². The second kappa shape index (κ2) is 11.7. The van der Waals surface area contributed by atoms with Crippen molar-refractivity contribution < 1.29 is 24.2 Å². The molecule has 2 aromatic rings. The molecule has 0 atom stereocenters. The highest BCUT2D eigenvalue weighted by Gasteiger charge is 2.34. The summed E-state index contributed by atoms with van der Waals surface area (Å²) in [4.78, 5) is 29.9. The van der Waals surface area contributed by atoms with Crippen LogP contribution < -0.4 is 4.74 Å². The van der Waals surface area contributed by atoms with Crippen molar-refractivity contribution >= 4 is 66.6 Å². The van der Waals surface area contributed by atoms with Crippen LogP contribution in [0.3, 0.4) is 0 Å². The van der Waals surface area contributed by atoms with Gasteiger partial charge < -0.3 is 14.6 Å². The summed E-state index contributed by atoms with van der Waals surface area (Å²) in [6.07, 6.45) is 3.33. The normalized spacial score (nSPS) is 15.6. The molecule has 176 valence electrons. The van der Waals surface area contributed by atoms with Crippen molar-refractivity contribution in [3.63, 3.8) is 0 Å². The third-order valence-electron chi connectivity index (χ3n) is 4.61. The number of aliphatic hydroxyl groups is 1. The van der Waals surface area contributed by atoms with Gasteiger partial charge in [-0.3, -0.25) is 4.79 Å². The predicted molar refractivity (Wildman–Crippen MR) is 142 cm³/mol. The number of hydrogen-bond donors (Lipinski definition) is 1. The number of rotatable bonds is 7. The molecule has 0 radical (unpaired) electrons. The summed E-state index contributed by atoms with van der Waals surface area (Å²) in [5, 5.41) is 10.9. The number of aryl methyl sites for hydroxylation is 1. The van der Waals surface area contributed by atoms with Gasteiger partial charge in [-0.25, -0.2) is 9.79 Å². The number of carbonyl (C=O) groups is 2. The van der Waals surface area contributed by atoms with Gasteiger partial charge in [0, 0.05) is 5.56 Å². The van der Waals surface area contributed by atoms with E-state index >= 15 is 0 Å². The maximum atomic E-state index is 12.8. The molecule has 9 heteroatoms. The number of aliphatic imine (C=N–C) groups is 1. The van der Waals surface area contributed by atoms with Crippen molar-refractivity contribution in [3.8, 4) is 5.75 Å². The minimum absolute atomic E-state index is 0.0829. The molecule has 3 rings (SSSR count). The highest BCUT2D eigenvalue weighted by Crippen LogP contribution is 2.41. The lowest BCUT2D eigenvalue weighted by Gasteiger charge is -2.10. The van der Waals surface area contributed by atoms with E-state index in [9.17, 15) is 14.7 Å². The second-order valence-corrected chi connectivity index (χ2v) is 9.74. The number of thioether (sulfide) groups is 1. The van der Waals surface area contributed by atoms with E-state index < -0.39 is 11.9 Å². The number of ether oxygens (including phenoxy) is 2. The zero-order chi connectivity index (χ0) is 24.8. The molecule has 0 unspecified atom stereocenters. The first kappa shape index (κ1) is 26.0. The van der Waals surface area contributed by atoms with E-state index in [2.05, 4.69) is 43.4 Å². The predicted octanol–water partition coefficient (Wildman–Crippen LogP) is 6.79. The summed E-state index contributed by atoms with van der Waals surface area (Å²) >= 11 is 7.99. The Bertz CT molecular complexity index is 1230. The first-order chi connectivity index (χ1) is 16.3. The Morgan fingerprint density at radius 3 is 2.50 bits per heavy atom. The van der Waals surface area contributed by atoms with Crippen molar-refractivity contribution in [1.29, 1.82) is 0 Å². The molecule has 0 aliphatic carbocycles. The van der Waals surface area contributed by atoms with Gasteiger partial charge in [0.15, 0.2) is 0 Å². The number of nitrogens with zero attached hydrogens (tertiary/aromatic N) is 1. The summed E-state index contributed by atoms with van der Waals surface area (Å²) < 4.78 is 12.1. The number of aliphatic hydroxyl groups excluding tert-OH is 1. The Labute approximate surface area is 218 Å². The van der Waals surface area contributed by atoms with Crippen LogP contribution in [0.25, 0.3) is 6.08 Å². The fourth-order valence-corrected chi connectivity index (χ4v) is 5.51. The highest BCUT2D eigenvalue weighted by molar-refractivity contribution is 9.11. The minimum atomic E-state index is -0.747. The van der Waals surface area contributed by atoms with Crippen LogP contribution in [0, 0.1) is 6.92 Å². The average molecular weight is 607 g/mol. The van der Waals surface area contributed by atoms with Crippen LogP contribution in [-0.4, -0.2) is 35.2 Å². The van der Waals surface area contributed by atoms with Crippen LogP contribution in [-0.2, 0) is 9.53 Å². The fraction of sp³-hybridized carbons (Fsp3) is 0.160. The van der Waals surface area contributed by atoms with Crippen LogP contribution in [0.15, 0.2) is 79.2 Å². The molecule has 2 aromatic carbocycles. The van der Waals surface area contributed by atoms with E-state index in [4.69, 9.17) is 9.47 Å². The SMILES string of the molecule is C=CCOc1c(Br)cc(/C=C2\SC(=NC(=O)c3ccccc3C)C(C(=O)OCC)=C2O)cc1Br. The molecule has 0 bridgehead atoms. The number of halogens is 2. The van der Waals surface area contributed by atoms with Gasteiger partial charge in [0.25, 0.3) is 5.91 Å². The molecule has 0 aromatic heterocycles. The van der Waals surface area contributed by atoms with Gasteiger partial charge in [-0.2, -0.15) is 0 Å². The molecule has 0 fully saturated rings. The molecule has 34 heavy (non-hydrogen) atoms. The van der Waals surface area contributed by atoms with Crippen LogP contribution in [0.4, 0.5) is 0 Å². The molecular formula is C25H21Br2NO5S. The van der Waals surface area contributed by atoms with E-state index in [1.54, 1.807) is 44.2 Å². The van der Waals surface area contributed by atoms with Gasteiger partial charge in [-0.05, 0) is 81.1 Å². The number of esters is 1. The molecule has 1 N–H and O–H groups in total. The lowest BCUT2D eigenvalue weighted by Crippen LogP contribution is -2.14. The van der Waals surface area contributed by atoms with Gasteiger partial charge in [-0.1, -0.05) is 42.6 Å². The first-order valence-electron chi connectivity index (χ1n) is 10.2. The quantitative estimate of drug-likeness (QED) is 0.276. The lowest BCUT2D eigenvalue weighted by molar-refractivity contribution is -0.138. The van der Waals surface area contributed by atoms with Crippen LogP contribution >= 0.6 is 43.6 Å². The first-order valence-corrected chi connectivity index (χ1v) is 12.6. The van der Waals surface area contributed by atoms with Crippen LogP contribution in [0.5, 0.6) is 5.75 Å². The fourth-order valence-electron chi connectivity index (χ4n) is 3.05. The van der Waals surface area contributed by atoms with E-state index in [0.29, 0.717) is 37.3 Å². The molecule has 1 aliphatic rings. The highest BCUT2D eigenvalue weighted by atomic mass is 79.9. The third kappa shape index (κ3) is 5.89. The largest absolute Gasteiger partial charge is 0.506 e.